The quantitative estimate of drug-likeness (QED) is 0.0195. The molecule has 2 unspecified atom stereocenters. The second kappa shape index (κ2) is 53.5. The van der Waals surface area contributed by atoms with E-state index in [1.54, 1.807) is 0 Å². The molecule has 0 bridgehead atoms. The topological polar surface area (TPSA) is 111 Å². The summed E-state index contributed by atoms with van der Waals surface area (Å²) in [5.41, 5.74) is 0. The van der Waals surface area contributed by atoms with Crippen molar-refractivity contribution in [1.82, 2.24) is 0 Å². The summed E-state index contributed by atoms with van der Waals surface area (Å²) in [6.07, 6.45) is 79.9. The number of phosphoric ester groups is 1. The highest BCUT2D eigenvalue weighted by molar-refractivity contribution is 7.45. The Morgan fingerprint density at radius 3 is 1.08 bits per heavy atom. The minimum atomic E-state index is -4.66. The van der Waals surface area contributed by atoms with E-state index in [1.807, 2.05) is 21.1 Å². The maximum atomic E-state index is 12.8. The molecule has 0 amide bonds. The average Bonchev–Trinajstić information content (AvgIpc) is 3.36. The molecule has 10 heteroatoms. The fourth-order valence-electron chi connectivity index (χ4n) is 6.75. The number of allylic oxidation sites excluding steroid dienone is 26. The van der Waals surface area contributed by atoms with Gasteiger partial charge in [-0.05, 0) is 122 Å². The van der Waals surface area contributed by atoms with Crippen molar-refractivity contribution in [2.24, 2.45) is 0 Å². The normalized spacial score (nSPS) is 14.5. The molecule has 0 N–H and O–H groups in total. The summed E-state index contributed by atoms with van der Waals surface area (Å²) in [6.45, 7) is 3.92. The first kappa shape index (κ1) is 69.6. The smallest absolute Gasteiger partial charge is 0.306 e. The van der Waals surface area contributed by atoms with Crippen LogP contribution in [0.1, 0.15) is 181 Å². The molecule has 0 aromatic rings. The first-order valence-corrected chi connectivity index (χ1v) is 29.7. The Labute approximate surface area is 452 Å². The van der Waals surface area contributed by atoms with E-state index in [9.17, 15) is 19.0 Å². The van der Waals surface area contributed by atoms with E-state index in [0.717, 1.165) is 141 Å². The molecule has 0 radical (unpaired) electrons. The number of carbonyl (C=O) groups excluding carboxylic acids is 2. The Hall–Kier alpha value is -4.37. The van der Waals surface area contributed by atoms with Crippen molar-refractivity contribution in [3.63, 3.8) is 0 Å². The maximum Gasteiger partial charge on any atom is 0.306 e. The van der Waals surface area contributed by atoms with Crippen LogP contribution in [0.2, 0.25) is 0 Å². The first-order valence-electron chi connectivity index (χ1n) is 28.2. The zero-order valence-electron chi connectivity index (χ0n) is 47.0. The lowest BCUT2D eigenvalue weighted by atomic mass is 10.1. The zero-order valence-corrected chi connectivity index (χ0v) is 47.9. The largest absolute Gasteiger partial charge is 0.756 e. The summed E-state index contributed by atoms with van der Waals surface area (Å²) in [7, 11) is 1.11. The fraction of sp³-hybridized carbons (Fsp3) is 0.562. The van der Waals surface area contributed by atoms with Gasteiger partial charge in [0.05, 0.1) is 27.7 Å². The number of phosphoric acid groups is 1. The summed E-state index contributed by atoms with van der Waals surface area (Å²) in [5, 5.41) is 0. The number of unbranched alkanes of at least 4 members (excludes halogenated alkanes) is 9. The molecule has 0 saturated heterocycles. The van der Waals surface area contributed by atoms with Crippen molar-refractivity contribution < 1.29 is 42.1 Å². The number of ether oxygens (including phenoxy) is 2. The van der Waals surface area contributed by atoms with Gasteiger partial charge < -0.3 is 27.9 Å². The molecule has 0 spiro atoms. The second-order valence-electron chi connectivity index (χ2n) is 19.2. The van der Waals surface area contributed by atoms with Crippen molar-refractivity contribution in [2.75, 3.05) is 47.5 Å². The number of hydrogen-bond donors (Lipinski definition) is 0. The lowest BCUT2D eigenvalue weighted by Gasteiger charge is -2.28. The number of nitrogens with zero attached hydrogens (tertiary/aromatic N) is 1. The van der Waals surface area contributed by atoms with Gasteiger partial charge in [0.15, 0.2) is 6.10 Å². The highest BCUT2D eigenvalue weighted by atomic mass is 31.2. The van der Waals surface area contributed by atoms with E-state index in [4.69, 9.17) is 18.5 Å². The molecule has 416 valence electrons. The van der Waals surface area contributed by atoms with Crippen LogP contribution in [0.4, 0.5) is 0 Å². The van der Waals surface area contributed by atoms with Crippen molar-refractivity contribution >= 4 is 19.8 Å². The molecule has 0 aliphatic rings. The second-order valence-corrected chi connectivity index (χ2v) is 20.6. The van der Waals surface area contributed by atoms with Gasteiger partial charge in [0.2, 0.25) is 0 Å². The van der Waals surface area contributed by atoms with E-state index in [1.165, 1.54) is 0 Å². The van der Waals surface area contributed by atoms with Crippen LogP contribution in [0.3, 0.4) is 0 Å². The average molecular weight is 1040 g/mol. The van der Waals surface area contributed by atoms with Crippen molar-refractivity contribution in [2.45, 2.75) is 187 Å². The summed E-state index contributed by atoms with van der Waals surface area (Å²) in [5.74, 6) is -0.901. The van der Waals surface area contributed by atoms with Gasteiger partial charge in [-0.2, -0.15) is 0 Å². The number of likely N-dealkylation sites (N-methyl/N-ethyl adjacent to an activating group) is 1. The predicted octanol–water partition coefficient (Wildman–Crippen LogP) is 17.1. The minimum Gasteiger partial charge on any atom is -0.756 e. The third kappa shape index (κ3) is 56.9. The van der Waals surface area contributed by atoms with Gasteiger partial charge in [0.1, 0.15) is 19.8 Å². The van der Waals surface area contributed by atoms with Crippen LogP contribution in [0.15, 0.2) is 158 Å². The lowest BCUT2D eigenvalue weighted by Crippen LogP contribution is -2.37. The summed E-state index contributed by atoms with van der Waals surface area (Å²) >= 11 is 0. The van der Waals surface area contributed by atoms with E-state index in [2.05, 4.69) is 172 Å². The summed E-state index contributed by atoms with van der Waals surface area (Å²) < 4.78 is 34.1. The molecule has 74 heavy (non-hydrogen) atoms. The van der Waals surface area contributed by atoms with Crippen LogP contribution in [-0.2, 0) is 32.7 Å². The van der Waals surface area contributed by atoms with Crippen LogP contribution < -0.4 is 4.89 Å². The van der Waals surface area contributed by atoms with Crippen molar-refractivity contribution in [3.05, 3.63) is 158 Å². The SMILES string of the molecule is CC/C=C\C/C=C\C/C=C\C/C=C\C/C=C\C/C=C\C/C=C\CCCCCCCC(=O)OC(COC(=O)CCCCCC/C=C\C/C=C\C/C=C\C/C=C\C/C=C\C/C=C\CC)COP(=O)([O-])OCC[N+](C)(C)C. The fourth-order valence-corrected chi connectivity index (χ4v) is 7.48. The van der Waals surface area contributed by atoms with Gasteiger partial charge >= 0.3 is 11.9 Å². The molecule has 0 rings (SSSR count). The number of quaternary nitrogens is 1. The molecule has 0 aliphatic carbocycles. The highest BCUT2D eigenvalue weighted by Gasteiger charge is 2.21. The van der Waals surface area contributed by atoms with Gasteiger partial charge in [0, 0.05) is 12.8 Å². The molecule has 0 aliphatic heterocycles. The van der Waals surface area contributed by atoms with Crippen LogP contribution >= 0.6 is 7.82 Å². The summed E-state index contributed by atoms with van der Waals surface area (Å²) in [6, 6.07) is 0. The molecular formula is C64H102NO8P. The summed E-state index contributed by atoms with van der Waals surface area (Å²) in [4.78, 5) is 37.9. The molecule has 0 heterocycles. The Bertz CT molecular complexity index is 1800. The Morgan fingerprint density at radius 2 is 0.730 bits per heavy atom. The van der Waals surface area contributed by atoms with Crippen LogP contribution in [0, 0.1) is 0 Å². The van der Waals surface area contributed by atoms with E-state index in [0.29, 0.717) is 23.9 Å². The molecule has 2 atom stereocenters. The van der Waals surface area contributed by atoms with Crippen molar-refractivity contribution in [1.29, 1.82) is 0 Å². The van der Waals surface area contributed by atoms with Gasteiger partial charge in [0.25, 0.3) is 7.82 Å². The number of rotatable bonds is 49. The van der Waals surface area contributed by atoms with Gasteiger partial charge in [-0.1, -0.05) is 204 Å². The Kier molecular flexibility index (Phi) is 50.3. The minimum absolute atomic E-state index is 0.0499. The Balaban J connectivity index is 4.36. The first-order chi connectivity index (χ1) is 36.0. The number of carbonyl (C=O) groups is 2. The van der Waals surface area contributed by atoms with Crippen molar-refractivity contribution in [3.8, 4) is 0 Å². The maximum absolute atomic E-state index is 12.8. The molecular weight excluding hydrogens is 942 g/mol. The highest BCUT2D eigenvalue weighted by Crippen LogP contribution is 2.38. The molecule has 0 aromatic heterocycles. The third-order valence-corrected chi connectivity index (χ3v) is 12.0. The molecule has 0 saturated carbocycles. The Morgan fingerprint density at radius 1 is 0.419 bits per heavy atom. The number of hydrogen-bond acceptors (Lipinski definition) is 8. The lowest BCUT2D eigenvalue weighted by molar-refractivity contribution is -0.870. The molecule has 0 fully saturated rings. The number of esters is 2. The van der Waals surface area contributed by atoms with E-state index in [-0.39, 0.29) is 26.1 Å². The predicted molar refractivity (Wildman–Crippen MR) is 313 cm³/mol. The van der Waals surface area contributed by atoms with Gasteiger partial charge in [-0.15, -0.1) is 0 Å². The van der Waals surface area contributed by atoms with Gasteiger partial charge in [-0.25, -0.2) is 0 Å². The van der Waals surface area contributed by atoms with Crippen LogP contribution in [0.25, 0.3) is 0 Å². The molecule has 0 aromatic carbocycles. The van der Waals surface area contributed by atoms with Gasteiger partial charge in [-0.3, -0.25) is 14.2 Å². The standard InChI is InChI=1S/C64H102NO8P/c1-6-8-10-12-14-16-18-20-22-24-26-28-30-31-32-33-35-37-39-41-43-45-47-49-51-53-55-57-64(67)73-62(61-72-74(68,69)71-59-58-65(3,4)5)60-70-63(66)56-54-52-50-48-46-44-42-40-38-36-34-29-27-25-23-21-19-17-15-13-11-9-7-2/h8-11,14-17,20-23,26-29,31-32,35-38,41-44,62H,6-7,12-13,18-19,24-25,30,33-34,39-40,45-61H2,1-5H3/b10-8-,11-9-,16-14-,17-15-,22-20-,23-21-,28-26-,29-27-,32-31-,37-35-,38-36-,43-41-,44-42-. The van der Waals surface area contributed by atoms with E-state index >= 15 is 0 Å². The monoisotopic (exact) mass is 1040 g/mol. The molecule has 9 nitrogen and oxygen atoms in total. The van der Waals surface area contributed by atoms with Crippen LogP contribution in [0.5, 0.6) is 0 Å². The zero-order chi connectivity index (χ0) is 54.2. The van der Waals surface area contributed by atoms with E-state index < -0.39 is 32.5 Å². The third-order valence-electron chi connectivity index (χ3n) is 11.0. The van der Waals surface area contributed by atoms with Crippen LogP contribution in [-0.4, -0.2) is 70.0 Å².